The first-order valence-electron chi connectivity index (χ1n) is 11.4. The predicted octanol–water partition coefficient (Wildman–Crippen LogP) is 4.55. The molecule has 2 aromatic carbocycles. The minimum absolute atomic E-state index is 0.109. The first-order chi connectivity index (χ1) is 17.5. The lowest BCUT2D eigenvalue weighted by Crippen LogP contribution is -2.26. The van der Waals surface area contributed by atoms with Crippen molar-refractivity contribution >= 4 is 44.2 Å². The Bertz CT molecular complexity index is 1790. The second kappa shape index (κ2) is 8.58. The van der Waals surface area contributed by atoms with Crippen molar-refractivity contribution in [3.63, 3.8) is 0 Å². The third-order valence-corrected chi connectivity index (χ3v) is 6.84. The van der Waals surface area contributed by atoms with Crippen LogP contribution in [0.1, 0.15) is 18.7 Å². The molecule has 1 unspecified atom stereocenters. The molecule has 0 aliphatic heterocycles. The highest BCUT2D eigenvalue weighted by atomic mass is 32.1. The fourth-order valence-corrected chi connectivity index (χ4v) is 5.17. The summed E-state index contributed by atoms with van der Waals surface area (Å²) in [7, 11) is 1.86. The second-order valence-electron chi connectivity index (χ2n) is 8.52. The minimum atomic E-state index is -0.302. The Morgan fingerprint density at radius 2 is 1.92 bits per heavy atom. The molecule has 6 rings (SSSR count). The molecular weight excluding hydrogens is 472 g/mol. The number of nitrogens with two attached hydrogens (primary N) is 1. The number of benzene rings is 2. The summed E-state index contributed by atoms with van der Waals surface area (Å²) in [5, 5.41) is 9.20. The monoisotopic (exact) mass is 494 g/mol. The molecule has 0 saturated carbocycles. The molecule has 9 nitrogen and oxygen atoms in total. The van der Waals surface area contributed by atoms with Gasteiger partial charge in [0.2, 0.25) is 5.95 Å². The van der Waals surface area contributed by atoms with E-state index in [0.29, 0.717) is 21.6 Å². The molecule has 4 heterocycles. The quantitative estimate of drug-likeness (QED) is 0.361. The number of pyridine rings is 1. The number of nitrogens with one attached hydrogen (secondary N) is 1. The molecule has 0 bridgehead atoms. The summed E-state index contributed by atoms with van der Waals surface area (Å²) in [6, 6.07) is 17.3. The number of thiazole rings is 1. The van der Waals surface area contributed by atoms with E-state index in [9.17, 15) is 4.79 Å². The van der Waals surface area contributed by atoms with Crippen molar-refractivity contribution in [3.05, 3.63) is 88.5 Å². The second-order valence-corrected chi connectivity index (χ2v) is 9.35. The molecule has 0 spiro atoms. The first kappa shape index (κ1) is 21.9. The van der Waals surface area contributed by atoms with Crippen molar-refractivity contribution in [1.82, 2.24) is 29.3 Å². The number of fused-ring (bicyclic) bond motifs is 2. The minimum Gasteiger partial charge on any atom is -0.368 e. The highest BCUT2D eigenvalue weighted by Gasteiger charge is 2.20. The summed E-state index contributed by atoms with van der Waals surface area (Å²) in [6.45, 7) is 1.99. The van der Waals surface area contributed by atoms with Gasteiger partial charge in [0, 0.05) is 30.2 Å². The average molecular weight is 495 g/mol. The Labute approximate surface area is 209 Å². The van der Waals surface area contributed by atoms with Crippen LogP contribution in [-0.2, 0) is 7.05 Å². The average Bonchev–Trinajstić information content (AvgIpc) is 3.53. The van der Waals surface area contributed by atoms with Gasteiger partial charge in [-0.15, -0.1) is 11.3 Å². The molecule has 0 fully saturated rings. The van der Waals surface area contributed by atoms with Crippen LogP contribution in [-0.4, -0.2) is 29.3 Å². The molecule has 0 saturated heterocycles. The summed E-state index contributed by atoms with van der Waals surface area (Å²) in [4.78, 5) is 27.9. The van der Waals surface area contributed by atoms with E-state index >= 15 is 0 Å². The van der Waals surface area contributed by atoms with Gasteiger partial charge in [-0.3, -0.25) is 14.0 Å². The maximum atomic E-state index is 14.2. The summed E-state index contributed by atoms with van der Waals surface area (Å²) in [5.41, 5.74) is 11.5. The van der Waals surface area contributed by atoms with Crippen LogP contribution >= 0.6 is 11.3 Å². The van der Waals surface area contributed by atoms with E-state index in [0.717, 1.165) is 27.9 Å². The smallest absolute Gasteiger partial charge is 0.263 e. The lowest BCUT2D eigenvalue weighted by Gasteiger charge is -2.22. The van der Waals surface area contributed by atoms with Crippen LogP contribution in [0.25, 0.3) is 37.9 Å². The number of rotatable bonds is 5. The number of aryl methyl sites for hydroxylation is 1. The maximum Gasteiger partial charge on any atom is 0.263 e. The van der Waals surface area contributed by atoms with Crippen LogP contribution in [0.5, 0.6) is 0 Å². The molecule has 6 aromatic rings. The Hall–Kier alpha value is -4.57. The number of anilines is 2. The van der Waals surface area contributed by atoms with Gasteiger partial charge in [-0.2, -0.15) is 10.1 Å². The van der Waals surface area contributed by atoms with E-state index in [-0.39, 0.29) is 17.5 Å². The van der Waals surface area contributed by atoms with Crippen molar-refractivity contribution in [2.45, 2.75) is 13.0 Å². The molecule has 4 aromatic heterocycles. The van der Waals surface area contributed by atoms with Crippen molar-refractivity contribution in [3.8, 4) is 16.8 Å². The molecule has 0 aliphatic carbocycles. The third kappa shape index (κ3) is 3.68. The van der Waals surface area contributed by atoms with Gasteiger partial charge < -0.3 is 11.1 Å². The maximum absolute atomic E-state index is 14.2. The number of hydrogen-bond donors (Lipinski definition) is 2. The summed E-state index contributed by atoms with van der Waals surface area (Å²) < 4.78 is 3.49. The fourth-order valence-electron chi connectivity index (χ4n) is 4.50. The summed E-state index contributed by atoms with van der Waals surface area (Å²) in [6.07, 6.45) is 3.69. The molecule has 10 heteroatoms. The first-order valence-corrected chi connectivity index (χ1v) is 12.2. The molecule has 178 valence electrons. The highest BCUT2D eigenvalue weighted by Crippen LogP contribution is 2.31. The summed E-state index contributed by atoms with van der Waals surface area (Å²) >= 11 is 1.40. The zero-order chi connectivity index (χ0) is 24.8. The highest BCUT2D eigenvalue weighted by molar-refractivity contribution is 7.16. The van der Waals surface area contributed by atoms with Crippen molar-refractivity contribution in [2.24, 2.45) is 7.05 Å². The largest absolute Gasteiger partial charge is 0.368 e. The lowest BCUT2D eigenvalue weighted by molar-refractivity contribution is 0.768. The standard InChI is InChI=1S/C26H22N8OS/c1-15(30-23-22-24(36-14-28-22)32-26(27)31-23)20-11-16-7-6-10-19(17-12-29-33(2)13-17)21(16)25(35)34(20)18-8-4-3-5-9-18/h3-15H,1-2H3,(H3,27,30,31,32). The van der Waals surface area contributed by atoms with E-state index in [2.05, 4.69) is 25.4 Å². The number of aromatic nitrogens is 6. The Morgan fingerprint density at radius 1 is 1.08 bits per heavy atom. The number of nitrogen functional groups attached to an aromatic ring is 1. The van der Waals surface area contributed by atoms with Gasteiger partial charge in [0.1, 0.15) is 5.52 Å². The summed E-state index contributed by atoms with van der Waals surface area (Å²) in [5.74, 6) is 0.698. The van der Waals surface area contributed by atoms with Crippen molar-refractivity contribution in [2.75, 3.05) is 11.1 Å². The van der Waals surface area contributed by atoms with Crippen LogP contribution in [0.15, 0.2) is 77.3 Å². The number of hydrogen-bond acceptors (Lipinski definition) is 8. The van der Waals surface area contributed by atoms with E-state index in [1.165, 1.54) is 11.3 Å². The lowest BCUT2D eigenvalue weighted by atomic mass is 9.99. The van der Waals surface area contributed by atoms with Crippen LogP contribution in [0.2, 0.25) is 0 Å². The van der Waals surface area contributed by atoms with Gasteiger partial charge >= 0.3 is 0 Å². The molecule has 0 radical (unpaired) electrons. The van der Waals surface area contributed by atoms with Crippen LogP contribution in [0.4, 0.5) is 11.8 Å². The van der Waals surface area contributed by atoms with Gasteiger partial charge in [0.15, 0.2) is 10.6 Å². The predicted molar refractivity (Wildman–Crippen MR) is 143 cm³/mol. The zero-order valence-corrected chi connectivity index (χ0v) is 20.4. The van der Waals surface area contributed by atoms with Crippen LogP contribution < -0.4 is 16.6 Å². The van der Waals surface area contributed by atoms with E-state index in [1.807, 2.05) is 74.8 Å². The van der Waals surface area contributed by atoms with Gasteiger partial charge in [-0.1, -0.05) is 36.4 Å². The Kier molecular flexibility index (Phi) is 5.23. The van der Waals surface area contributed by atoms with Crippen molar-refractivity contribution in [1.29, 1.82) is 0 Å². The van der Waals surface area contributed by atoms with E-state index in [4.69, 9.17) is 5.73 Å². The Balaban J connectivity index is 1.57. The molecule has 1 atom stereocenters. The van der Waals surface area contributed by atoms with Gasteiger partial charge in [0.25, 0.3) is 5.56 Å². The molecule has 0 aliphatic rings. The normalized spacial score (nSPS) is 12.3. The molecule has 36 heavy (non-hydrogen) atoms. The van der Waals surface area contributed by atoms with Crippen LogP contribution in [0.3, 0.4) is 0 Å². The Morgan fingerprint density at radius 3 is 2.69 bits per heavy atom. The topological polar surface area (TPSA) is 117 Å². The van der Waals surface area contributed by atoms with E-state index in [1.54, 1.807) is 21.0 Å². The zero-order valence-electron chi connectivity index (χ0n) is 19.6. The third-order valence-electron chi connectivity index (χ3n) is 6.12. The molecule has 3 N–H and O–H groups in total. The van der Waals surface area contributed by atoms with Gasteiger partial charge in [-0.05, 0) is 36.1 Å². The fraction of sp³-hybridized carbons (Fsp3) is 0.115. The van der Waals surface area contributed by atoms with Crippen molar-refractivity contribution < 1.29 is 0 Å². The van der Waals surface area contributed by atoms with Gasteiger partial charge in [-0.25, -0.2) is 9.97 Å². The van der Waals surface area contributed by atoms with E-state index < -0.39 is 0 Å². The van der Waals surface area contributed by atoms with Gasteiger partial charge in [0.05, 0.1) is 23.1 Å². The molecule has 0 amide bonds. The SMILES string of the molecule is CC(Nc1nc(N)nc2scnc12)c1cc2cccc(-c3cnn(C)c3)c2c(=O)n1-c1ccccc1. The number of nitrogens with zero attached hydrogens (tertiary/aromatic N) is 6. The molecular formula is C26H22N8OS. The van der Waals surface area contributed by atoms with Crippen LogP contribution in [0, 0.1) is 0 Å². The number of para-hydroxylation sites is 1.